The lowest BCUT2D eigenvalue weighted by Gasteiger charge is -2.36. The number of hydrogen-bond donors (Lipinski definition) is 1. The van der Waals surface area contributed by atoms with Crippen molar-refractivity contribution in [3.05, 3.63) is 95.6 Å². The second-order valence-corrected chi connectivity index (χ2v) is 8.96. The number of nitrogens with zero attached hydrogens (tertiary/aromatic N) is 1. The zero-order valence-electron chi connectivity index (χ0n) is 18.9. The standard InChI is InChI=1S/C29H33NO2/c1-3-5-22(6-4-2)27-13-9-24-19-26(32)12-14-28(24)29(27)23-7-10-25(11-8-23)30-17-15-21(20-31)16-18-30/h3-8,10-12,14,19-21,27,29,32H,1,9,13,15-18H2,2H3/b6-4-,22-5+. The maximum Gasteiger partial charge on any atom is 0.123 e. The zero-order valence-corrected chi connectivity index (χ0v) is 18.9. The SMILES string of the molecule is C=C/C=C(\C=C/C)C1CCc2cc(O)ccc2C1c1ccc(N2CCC(C=O)CC2)cc1. The predicted octanol–water partition coefficient (Wildman–Crippen LogP) is 6.19. The highest BCUT2D eigenvalue weighted by Gasteiger charge is 2.32. The number of aromatic hydroxyl groups is 1. The fourth-order valence-corrected chi connectivity index (χ4v) is 5.39. The van der Waals surface area contributed by atoms with Crippen LogP contribution in [0.25, 0.3) is 0 Å². The molecule has 0 amide bonds. The second-order valence-electron chi connectivity index (χ2n) is 8.96. The van der Waals surface area contributed by atoms with E-state index in [1.165, 1.54) is 28.0 Å². The van der Waals surface area contributed by atoms with Gasteiger partial charge in [0.2, 0.25) is 0 Å². The Morgan fingerprint density at radius 2 is 1.84 bits per heavy atom. The third kappa shape index (κ3) is 4.57. The molecule has 0 bridgehead atoms. The number of fused-ring (bicyclic) bond motifs is 1. The van der Waals surface area contributed by atoms with Gasteiger partial charge in [-0.3, -0.25) is 0 Å². The van der Waals surface area contributed by atoms with Gasteiger partial charge in [-0.25, -0.2) is 0 Å². The lowest BCUT2D eigenvalue weighted by atomic mass is 9.69. The molecule has 3 heteroatoms. The van der Waals surface area contributed by atoms with Crippen molar-refractivity contribution in [2.45, 2.75) is 38.5 Å². The number of aryl methyl sites for hydroxylation is 1. The van der Waals surface area contributed by atoms with Gasteiger partial charge < -0.3 is 14.8 Å². The molecule has 1 saturated heterocycles. The lowest BCUT2D eigenvalue weighted by Crippen LogP contribution is -2.34. The minimum atomic E-state index is 0.211. The molecule has 0 saturated carbocycles. The summed E-state index contributed by atoms with van der Waals surface area (Å²) in [5.41, 5.74) is 6.37. The van der Waals surface area contributed by atoms with Gasteiger partial charge in [0.25, 0.3) is 0 Å². The summed E-state index contributed by atoms with van der Waals surface area (Å²) in [6.07, 6.45) is 13.3. The molecule has 32 heavy (non-hydrogen) atoms. The van der Waals surface area contributed by atoms with Crippen molar-refractivity contribution in [1.29, 1.82) is 0 Å². The van der Waals surface area contributed by atoms with Crippen LogP contribution in [0, 0.1) is 11.8 Å². The van der Waals surface area contributed by atoms with E-state index in [1.807, 2.05) is 18.2 Å². The largest absolute Gasteiger partial charge is 0.508 e. The van der Waals surface area contributed by atoms with Gasteiger partial charge in [-0.15, -0.1) is 0 Å². The van der Waals surface area contributed by atoms with Crippen molar-refractivity contribution >= 4 is 12.0 Å². The van der Waals surface area contributed by atoms with Crippen LogP contribution in [-0.2, 0) is 11.2 Å². The monoisotopic (exact) mass is 427 g/mol. The van der Waals surface area contributed by atoms with Gasteiger partial charge in [0.1, 0.15) is 12.0 Å². The molecule has 0 radical (unpaired) electrons. The first-order chi connectivity index (χ1) is 15.6. The number of allylic oxidation sites excluding steroid dienone is 5. The average molecular weight is 428 g/mol. The molecule has 3 nitrogen and oxygen atoms in total. The van der Waals surface area contributed by atoms with E-state index < -0.39 is 0 Å². The number of carbonyl (C=O) groups excluding carboxylic acids is 1. The van der Waals surface area contributed by atoms with E-state index in [1.54, 1.807) is 0 Å². The van der Waals surface area contributed by atoms with E-state index in [9.17, 15) is 9.90 Å². The van der Waals surface area contributed by atoms with Crippen LogP contribution >= 0.6 is 0 Å². The molecule has 1 fully saturated rings. The first-order valence-corrected chi connectivity index (χ1v) is 11.7. The van der Waals surface area contributed by atoms with Crippen LogP contribution in [0.4, 0.5) is 5.69 Å². The molecular weight excluding hydrogens is 394 g/mol. The van der Waals surface area contributed by atoms with Gasteiger partial charge >= 0.3 is 0 Å². The Labute approximate surface area is 191 Å². The van der Waals surface area contributed by atoms with Crippen LogP contribution < -0.4 is 4.90 Å². The number of hydrogen-bond acceptors (Lipinski definition) is 3. The molecule has 1 N–H and O–H groups in total. The zero-order chi connectivity index (χ0) is 22.5. The minimum absolute atomic E-state index is 0.211. The van der Waals surface area contributed by atoms with Crippen molar-refractivity contribution in [3.8, 4) is 5.75 Å². The van der Waals surface area contributed by atoms with Gasteiger partial charge in [-0.05, 0) is 85.1 Å². The first kappa shape index (κ1) is 22.1. The molecular formula is C29H33NO2. The molecule has 2 aliphatic rings. The quantitative estimate of drug-likeness (QED) is 0.441. The third-order valence-electron chi connectivity index (χ3n) is 7.04. The highest BCUT2D eigenvalue weighted by atomic mass is 16.3. The van der Waals surface area contributed by atoms with E-state index in [4.69, 9.17) is 0 Å². The van der Waals surface area contributed by atoms with Crippen LogP contribution in [0.15, 0.2) is 78.9 Å². The lowest BCUT2D eigenvalue weighted by molar-refractivity contribution is -0.111. The summed E-state index contributed by atoms with van der Waals surface area (Å²) >= 11 is 0. The molecule has 1 aliphatic carbocycles. The smallest absolute Gasteiger partial charge is 0.123 e. The maximum absolute atomic E-state index is 11.1. The van der Waals surface area contributed by atoms with Gasteiger partial charge in [-0.2, -0.15) is 0 Å². The van der Waals surface area contributed by atoms with Crippen LogP contribution in [0.3, 0.4) is 0 Å². The Morgan fingerprint density at radius 3 is 2.50 bits per heavy atom. The fourth-order valence-electron chi connectivity index (χ4n) is 5.39. The number of benzene rings is 2. The number of anilines is 1. The van der Waals surface area contributed by atoms with Gasteiger partial charge in [-0.1, -0.05) is 49.1 Å². The van der Waals surface area contributed by atoms with Crippen molar-refractivity contribution in [2.75, 3.05) is 18.0 Å². The number of phenols is 1. The van der Waals surface area contributed by atoms with Crippen molar-refractivity contribution in [2.24, 2.45) is 11.8 Å². The Morgan fingerprint density at radius 1 is 1.09 bits per heavy atom. The highest BCUT2D eigenvalue weighted by Crippen LogP contribution is 2.45. The summed E-state index contributed by atoms with van der Waals surface area (Å²) in [6.45, 7) is 7.86. The molecule has 0 aromatic heterocycles. The summed E-state index contributed by atoms with van der Waals surface area (Å²) < 4.78 is 0. The highest BCUT2D eigenvalue weighted by molar-refractivity contribution is 5.56. The van der Waals surface area contributed by atoms with Gasteiger partial charge in [0, 0.05) is 30.6 Å². The fraction of sp³-hybridized carbons (Fsp3) is 0.345. The van der Waals surface area contributed by atoms with Crippen LogP contribution in [0.5, 0.6) is 5.75 Å². The summed E-state index contributed by atoms with van der Waals surface area (Å²) in [6, 6.07) is 14.8. The maximum atomic E-state index is 11.1. The molecule has 1 heterocycles. The Kier molecular flexibility index (Phi) is 6.94. The van der Waals surface area contributed by atoms with E-state index in [-0.39, 0.29) is 11.8 Å². The molecule has 2 atom stereocenters. The van der Waals surface area contributed by atoms with Crippen molar-refractivity contribution < 1.29 is 9.90 Å². The Bertz CT molecular complexity index is 1010. The van der Waals surface area contributed by atoms with Crippen LogP contribution in [0.1, 0.15) is 48.8 Å². The minimum Gasteiger partial charge on any atom is -0.508 e. The van der Waals surface area contributed by atoms with Crippen molar-refractivity contribution in [3.63, 3.8) is 0 Å². The number of aldehydes is 1. The number of piperidine rings is 1. The van der Waals surface area contributed by atoms with Crippen LogP contribution in [0.2, 0.25) is 0 Å². The molecule has 4 rings (SSSR count). The predicted molar refractivity (Wildman–Crippen MR) is 132 cm³/mol. The summed E-state index contributed by atoms with van der Waals surface area (Å²) in [5, 5.41) is 10.0. The Balaban J connectivity index is 1.68. The van der Waals surface area contributed by atoms with Crippen molar-refractivity contribution in [1.82, 2.24) is 0 Å². The van der Waals surface area contributed by atoms with Crippen LogP contribution in [-0.4, -0.2) is 24.5 Å². The van der Waals surface area contributed by atoms with E-state index >= 15 is 0 Å². The third-order valence-corrected chi connectivity index (χ3v) is 7.04. The molecule has 2 unspecified atom stereocenters. The number of phenolic OH excluding ortho intramolecular Hbond substituents is 1. The first-order valence-electron chi connectivity index (χ1n) is 11.7. The number of rotatable bonds is 6. The average Bonchev–Trinajstić information content (AvgIpc) is 2.83. The molecule has 0 spiro atoms. The summed E-state index contributed by atoms with van der Waals surface area (Å²) in [4.78, 5) is 13.5. The molecule has 2 aromatic carbocycles. The molecule has 166 valence electrons. The van der Waals surface area contributed by atoms with Gasteiger partial charge in [0.05, 0.1) is 0 Å². The normalized spacial score (nSPS) is 22.0. The topological polar surface area (TPSA) is 40.5 Å². The molecule has 1 aliphatic heterocycles. The number of carbonyl (C=O) groups is 1. The van der Waals surface area contributed by atoms with Gasteiger partial charge in [0.15, 0.2) is 0 Å². The van der Waals surface area contributed by atoms with E-state index in [0.29, 0.717) is 11.7 Å². The molecule has 2 aromatic rings. The second kappa shape index (κ2) is 10.0. The van der Waals surface area contributed by atoms with E-state index in [0.717, 1.165) is 45.1 Å². The summed E-state index contributed by atoms with van der Waals surface area (Å²) in [5.74, 6) is 1.14. The van der Waals surface area contributed by atoms with E-state index in [2.05, 4.69) is 67.0 Å². The summed E-state index contributed by atoms with van der Waals surface area (Å²) in [7, 11) is 0. The Hall–Kier alpha value is -3.07.